The van der Waals surface area contributed by atoms with E-state index in [-0.39, 0.29) is 23.7 Å². The fourth-order valence-electron chi connectivity index (χ4n) is 3.04. The van der Waals surface area contributed by atoms with E-state index in [1.807, 2.05) is 6.07 Å². The molecule has 1 aliphatic heterocycles. The summed E-state index contributed by atoms with van der Waals surface area (Å²) in [6.45, 7) is 0. The molecule has 2 aromatic heterocycles. The van der Waals surface area contributed by atoms with Crippen molar-refractivity contribution in [2.75, 3.05) is 11.1 Å². The van der Waals surface area contributed by atoms with E-state index in [1.165, 1.54) is 41.6 Å². The molecule has 0 fully saturated rings. The number of carbonyl (C=O) groups excluding carboxylic acids is 2. The molecule has 2 amide bonds. The Morgan fingerprint density at radius 2 is 1.93 bits per heavy atom. The second-order valence-electron chi connectivity index (χ2n) is 6.17. The molecule has 0 bridgehead atoms. The van der Waals surface area contributed by atoms with E-state index in [0.717, 1.165) is 17.7 Å². The number of thioether (sulfide) groups is 1. The summed E-state index contributed by atoms with van der Waals surface area (Å²) < 4.78 is 14.0. The summed E-state index contributed by atoms with van der Waals surface area (Å²) in [6.07, 6.45) is 3.79. The molecule has 3 aromatic rings. The van der Waals surface area contributed by atoms with Crippen molar-refractivity contribution in [2.45, 2.75) is 17.4 Å². The Labute approximate surface area is 169 Å². The quantitative estimate of drug-likeness (QED) is 0.661. The van der Waals surface area contributed by atoms with Crippen LogP contribution in [0.5, 0.6) is 0 Å². The lowest BCUT2D eigenvalue weighted by Gasteiger charge is -2.26. The number of halogens is 1. The molecule has 1 atom stereocenters. The predicted octanol–water partition coefficient (Wildman–Crippen LogP) is 4.50. The van der Waals surface area contributed by atoms with Gasteiger partial charge < -0.3 is 10.6 Å². The average Bonchev–Trinajstić information content (AvgIpc) is 3.18. The number of amides is 2. The van der Waals surface area contributed by atoms with E-state index in [4.69, 9.17) is 0 Å². The molecule has 0 aliphatic carbocycles. The van der Waals surface area contributed by atoms with Crippen molar-refractivity contribution in [1.29, 1.82) is 0 Å². The third-order valence-corrected chi connectivity index (χ3v) is 6.47. The zero-order valence-electron chi connectivity index (χ0n) is 14.6. The molecule has 2 N–H and O–H groups in total. The van der Waals surface area contributed by atoms with Gasteiger partial charge in [0.05, 0.1) is 11.7 Å². The maximum absolute atomic E-state index is 14.0. The van der Waals surface area contributed by atoms with Crippen molar-refractivity contribution in [3.05, 3.63) is 76.0 Å². The Morgan fingerprint density at radius 3 is 2.75 bits per heavy atom. The van der Waals surface area contributed by atoms with Gasteiger partial charge in [0.2, 0.25) is 0 Å². The molecule has 142 valence electrons. The highest BCUT2D eigenvalue weighted by Gasteiger charge is 2.26. The molecular weight excluding hydrogens is 397 g/mol. The summed E-state index contributed by atoms with van der Waals surface area (Å²) in [7, 11) is 0. The lowest BCUT2D eigenvalue weighted by Crippen LogP contribution is -2.31. The van der Waals surface area contributed by atoms with Gasteiger partial charge in [0.1, 0.15) is 10.7 Å². The monoisotopic (exact) mass is 413 g/mol. The van der Waals surface area contributed by atoms with Gasteiger partial charge in [0.25, 0.3) is 11.8 Å². The fourth-order valence-corrected chi connectivity index (χ4v) is 4.93. The minimum absolute atomic E-state index is 0.259. The SMILES string of the molecule is O=C(Nc1ccsc1C(=O)N[C@@H]1CCSc2c(F)cccc21)c1ccncc1. The van der Waals surface area contributed by atoms with Crippen LogP contribution in [0.15, 0.2) is 59.1 Å². The van der Waals surface area contributed by atoms with Gasteiger partial charge in [0, 0.05) is 28.6 Å². The number of rotatable bonds is 4. The largest absolute Gasteiger partial charge is 0.344 e. The zero-order valence-corrected chi connectivity index (χ0v) is 16.3. The highest BCUT2D eigenvalue weighted by Crippen LogP contribution is 2.38. The van der Waals surface area contributed by atoms with E-state index >= 15 is 0 Å². The minimum Gasteiger partial charge on any atom is -0.344 e. The number of benzene rings is 1. The molecule has 5 nitrogen and oxygen atoms in total. The average molecular weight is 413 g/mol. The molecule has 0 spiro atoms. The first kappa shape index (κ1) is 18.6. The molecule has 0 saturated carbocycles. The summed E-state index contributed by atoms with van der Waals surface area (Å²) in [5.41, 5.74) is 1.71. The van der Waals surface area contributed by atoms with Gasteiger partial charge >= 0.3 is 0 Å². The fraction of sp³-hybridized carbons (Fsp3) is 0.150. The summed E-state index contributed by atoms with van der Waals surface area (Å²) >= 11 is 2.72. The van der Waals surface area contributed by atoms with Gasteiger partial charge in [-0.3, -0.25) is 14.6 Å². The topological polar surface area (TPSA) is 71.1 Å². The molecule has 1 aromatic carbocycles. The van der Waals surface area contributed by atoms with Gasteiger partial charge in [-0.25, -0.2) is 4.39 Å². The molecule has 4 rings (SSSR count). The summed E-state index contributed by atoms with van der Waals surface area (Å²) in [5, 5.41) is 7.51. The maximum atomic E-state index is 14.0. The summed E-state index contributed by atoms with van der Waals surface area (Å²) in [5.74, 6) is -0.124. The second kappa shape index (κ2) is 8.12. The number of fused-ring (bicyclic) bond motifs is 1. The Morgan fingerprint density at radius 1 is 1.11 bits per heavy atom. The minimum atomic E-state index is -0.309. The highest BCUT2D eigenvalue weighted by atomic mass is 32.2. The number of nitrogens with one attached hydrogen (secondary N) is 2. The Balaban J connectivity index is 1.51. The van der Waals surface area contributed by atoms with Gasteiger partial charge in [-0.1, -0.05) is 12.1 Å². The molecule has 3 heterocycles. The van der Waals surface area contributed by atoms with E-state index < -0.39 is 0 Å². The van der Waals surface area contributed by atoms with Crippen LogP contribution >= 0.6 is 23.1 Å². The number of pyridine rings is 1. The van der Waals surface area contributed by atoms with Crippen LogP contribution < -0.4 is 10.6 Å². The Kier molecular flexibility index (Phi) is 5.40. The van der Waals surface area contributed by atoms with Crippen LogP contribution in [0.3, 0.4) is 0 Å². The molecule has 0 radical (unpaired) electrons. The maximum Gasteiger partial charge on any atom is 0.263 e. The Bertz CT molecular complexity index is 1020. The first-order valence-electron chi connectivity index (χ1n) is 8.64. The normalized spacial score (nSPS) is 15.5. The van der Waals surface area contributed by atoms with Crippen LogP contribution in [-0.4, -0.2) is 22.6 Å². The van der Waals surface area contributed by atoms with Crippen LogP contribution in [0.25, 0.3) is 0 Å². The number of carbonyl (C=O) groups is 2. The number of thiophene rings is 1. The van der Waals surface area contributed by atoms with E-state index in [2.05, 4.69) is 15.6 Å². The lowest BCUT2D eigenvalue weighted by atomic mass is 10.0. The first-order chi connectivity index (χ1) is 13.6. The third kappa shape index (κ3) is 3.79. The standard InChI is InChI=1S/C20H16FN3O2S2/c21-14-3-1-2-13-15(6-10-27-17(13)14)23-20(26)18-16(7-11-28-18)24-19(25)12-4-8-22-9-5-12/h1-5,7-9,11,15H,6,10H2,(H,23,26)(H,24,25)/t15-/m1/s1. The van der Waals surface area contributed by atoms with Crippen LogP contribution in [-0.2, 0) is 0 Å². The van der Waals surface area contributed by atoms with Crippen molar-refractivity contribution in [3.8, 4) is 0 Å². The second-order valence-corrected chi connectivity index (χ2v) is 8.20. The third-order valence-electron chi connectivity index (χ3n) is 4.39. The van der Waals surface area contributed by atoms with E-state index in [1.54, 1.807) is 29.6 Å². The van der Waals surface area contributed by atoms with Gasteiger partial charge in [-0.2, -0.15) is 0 Å². The van der Waals surface area contributed by atoms with Crippen molar-refractivity contribution in [1.82, 2.24) is 10.3 Å². The van der Waals surface area contributed by atoms with Crippen molar-refractivity contribution >= 4 is 40.6 Å². The Hall–Kier alpha value is -2.71. The molecule has 28 heavy (non-hydrogen) atoms. The summed E-state index contributed by atoms with van der Waals surface area (Å²) in [6, 6.07) is 9.58. The summed E-state index contributed by atoms with van der Waals surface area (Å²) in [4.78, 5) is 30.1. The van der Waals surface area contributed by atoms with Crippen molar-refractivity contribution in [3.63, 3.8) is 0 Å². The van der Waals surface area contributed by atoms with Crippen LogP contribution in [0.1, 0.15) is 38.1 Å². The number of hydrogen-bond acceptors (Lipinski definition) is 5. The number of hydrogen-bond donors (Lipinski definition) is 2. The van der Waals surface area contributed by atoms with Crippen LogP contribution in [0.4, 0.5) is 10.1 Å². The van der Waals surface area contributed by atoms with E-state index in [9.17, 15) is 14.0 Å². The first-order valence-corrected chi connectivity index (χ1v) is 10.5. The van der Waals surface area contributed by atoms with Crippen LogP contribution in [0, 0.1) is 5.82 Å². The number of nitrogens with zero attached hydrogens (tertiary/aromatic N) is 1. The van der Waals surface area contributed by atoms with Crippen molar-refractivity contribution in [2.24, 2.45) is 0 Å². The molecule has 0 unspecified atom stereocenters. The van der Waals surface area contributed by atoms with Crippen LogP contribution in [0.2, 0.25) is 0 Å². The smallest absolute Gasteiger partial charge is 0.263 e. The van der Waals surface area contributed by atoms with Crippen molar-refractivity contribution < 1.29 is 14.0 Å². The predicted molar refractivity (Wildman–Crippen MR) is 108 cm³/mol. The molecule has 8 heteroatoms. The zero-order chi connectivity index (χ0) is 19.5. The lowest BCUT2D eigenvalue weighted by molar-refractivity contribution is 0.0939. The number of anilines is 1. The van der Waals surface area contributed by atoms with Gasteiger partial charge in [0.15, 0.2) is 0 Å². The molecule has 0 saturated heterocycles. The molecular formula is C20H16FN3O2S2. The van der Waals surface area contributed by atoms with E-state index in [0.29, 0.717) is 21.0 Å². The molecule has 1 aliphatic rings. The van der Waals surface area contributed by atoms with Gasteiger partial charge in [-0.15, -0.1) is 23.1 Å². The highest BCUT2D eigenvalue weighted by molar-refractivity contribution is 7.99. The van der Waals surface area contributed by atoms with Gasteiger partial charge in [-0.05, 0) is 41.6 Å². The number of aromatic nitrogens is 1.